The van der Waals surface area contributed by atoms with Gasteiger partial charge in [0.2, 0.25) is 5.91 Å². The minimum atomic E-state index is -0.446. The maximum Gasteiger partial charge on any atom is 0.262 e. The van der Waals surface area contributed by atoms with Crippen molar-refractivity contribution in [3.63, 3.8) is 0 Å². The molecule has 4 rings (SSSR count). The molecule has 0 aliphatic carbocycles. The lowest BCUT2D eigenvalue weighted by molar-refractivity contribution is -0.119. The van der Waals surface area contributed by atoms with Crippen molar-refractivity contribution in [3.8, 4) is 5.75 Å². The van der Waals surface area contributed by atoms with E-state index in [4.69, 9.17) is 4.74 Å². The number of halogens is 1. The molecule has 0 saturated heterocycles. The topological polar surface area (TPSA) is 83.0 Å². The molecule has 3 aromatic rings. The van der Waals surface area contributed by atoms with Gasteiger partial charge in [0.1, 0.15) is 17.8 Å². The van der Waals surface area contributed by atoms with Gasteiger partial charge in [-0.3, -0.25) is 24.2 Å². The number of ether oxygens (including phenoxy) is 1. The van der Waals surface area contributed by atoms with Crippen molar-refractivity contribution >= 4 is 56.8 Å². The molecule has 10 heteroatoms. The van der Waals surface area contributed by atoms with E-state index in [9.17, 15) is 14.4 Å². The summed E-state index contributed by atoms with van der Waals surface area (Å²) in [4.78, 5) is 48.1. The van der Waals surface area contributed by atoms with Crippen LogP contribution in [0.15, 0.2) is 42.5 Å². The molecule has 33 heavy (non-hydrogen) atoms. The van der Waals surface area contributed by atoms with Crippen LogP contribution in [0.1, 0.15) is 27.1 Å². The summed E-state index contributed by atoms with van der Waals surface area (Å²) in [6.45, 7) is 0.870. The number of amides is 3. The number of nitrogens with zero attached hydrogens (tertiary/aromatic N) is 4. The van der Waals surface area contributed by atoms with Gasteiger partial charge in [-0.1, -0.05) is 29.5 Å². The van der Waals surface area contributed by atoms with Gasteiger partial charge in [0.05, 0.1) is 22.9 Å². The number of hydrogen-bond acceptors (Lipinski definition) is 7. The zero-order valence-corrected chi connectivity index (χ0v) is 20.2. The minimum Gasteiger partial charge on any atom is -0.494 e. The average Bonchev–Trinajstić information content (AvgIpc) is 3.31. The lowest BCUT2D eigenvalue weighted by atomic mass is 10.1. The Hall–Kier alpha value is -3.01. The zero-order chi connectivity index (χ0) is 22.8. The molecule has 1 aromatic heterocycles. The fourth-order valence-corrected chi connectivity index (χ4v) is 4.69. The normalized spacial score (nSPS) is 12.8. The van der Waals surface area contributed by atoms with Gasteiger partial charge in [-0.05, 0) is 51.3 Å². The maximum atomic E-state index is 13.4. The van der Waals surface area contributed by atoms with Crippen molar-refractivity contribution < 1.29 is 19.1 Å². The summed E-state index contributed by atoms with van der Waals surface area (Å²) in [6, 6.07) is 12.2. The van der Waals surface area contributed by atoms with E-state index in [2.05, 4.69) is 4.98 Å². The first-order valence-electron chi connectivity index (χ1n) is 10.2. The molecule has 0 atom stereocenters. The van der Waals surface area contributed by atoms with Crippen LogP contribution in [0.3, 0.4) is 0 Å². The SMILES string of the molecule is COc1cccc2sc(N(CCCN(C)C)C(=O)CN3C(=O)c4ccccc4C3=O)nc12.Cl. The number of para-hydroxylation sites is 1. The average molecular weight is 489 g/mol. The van der Waals surface area contributed by atoms with E-state index in [0.29, 0.717) is 40.5 Å². The number of rotatable bonds is 8. The number of imide groups is 1. The summed E-state index contributed by atoms with van der Waals surface area (Å²) in [5.74, 6) is -0.612. The van der Waals surface area contributed by atoms with E-state index >= 15 is 0 Å². The number of methoxy groups -OCH3 is 1. The van der Waals surface area contributed by atoms with E-state index in [1.54, 1.807) is 36.3 Å². The largest absolute Gasteiger partial charge is 0.494 e. The highest BCUT2D eigenvalue weighted by Crippen LogP contribution is 2.34. The number of anilines is 1. The quantitative estimate of drug-likeness (QED) is 0.452. The van der Waals surface area contributed by atoms with Gasteiger partial charge in [-0.25, -0.2) is 4.98 Å². The van der Waals surface area contributed by atoms with Gasteiger partial charge in [-0.15, -0.1) is 12.4 Å². The molecule has 1 aliphatic heterocycles. The number of benzene rings is 2. The molecule has 0 spiro atoms. The summed E-state index contributed by atoms with van der Waals surface area (Å²) >= 11 is 1.38. The molecule has 3 amide bonds. The van der Waals surface area contributed by atoms with Crippen LogP contribution >= 0.6 is 23.7 Å². The predicted octanol–water partition coefficient (Wildman–Crippen LogP) is 3.31. The van der Waals surface area contributed by atoms with Gasteiger partial charge in [0.15, 0.2) is 5.13 Å². The van der Waals surface area contributed by atoms with Crippen molar-refractivity contribution in [1.82, 2.24) is 14.8 Å². The Kier molecular flexibility index (Phi) is 7.68. The smallest absolute Gasteiger partial charge is 0.262 e. The summed E-state index contributed by atoms with van der Waals surface area (Å²) in [5.41, 5.74) is 1.34. The van der Waals surface area contributed by atoms with Crippen LogP contribution in [0.2, 0.25) is 0 Å². The van der Waals surface area contributed by atoms with E-state index < -0.39 is 11.8 Å². The van der Waals surface area contributed by atoms with Crippen molar-refractivity contribution in [1.29, 1.82) is 0 Å². The van der Waals surface area contributed by atoms with Crippen LogP contribution < -0.4 is 9.64 Å². The molecule has 0 N–H and O–H groups in total. The molecule has 0 bridgehead atoms. The molecule has 1 aliphatic rings. The molecule has 0 unspecified atom stereocenters. The van der Waals surface area contributed by atoms with Crippen LogP contribution in [0.5, 0.6) is 5.75 Å². The summed E-state index contributed by atoms with van der Waals surface area (Å²) in [7, 11) is 5.51. The van der Waals surface area contributed by atoms with Crippen LogP contribution in [0, 0.1) is 0 Å². The Bertz CT molecular complexity index is 1160. The summed E-state index contributed by atoms with van der Waals surface area (Å²) < 4.78 is 6.30. The second kappa shape index (κ2) is 10.3. The zero-order valence-electron chi connectivity index (χ0n) is 18.6. The molecule has 0 saturated carbocycles. The number of aromatic nitrogens is 1. The fraction of sp³-hybridized carbons (Fsp3) is 0.304. The van der Waals surface area contributed by atoms with Crippen LogP contribution in [0.25, 0.3) is 10.2 Å². The van der Waals surface area contributed by atoms with Crippen LogP contribution in [-0.2, 0) is 4.79 Å². The fourth-order valence-electron chi connectivity index (χ4n) is 3.67. The summed E-state index contributed by atoms with van der Waals surface area (Å²) in [6.07, 6.45) is 0.716. The van der Waals surface area contributed by atoms with E-state index in [0.717, 1.165) is 16.1 Å². The Morgan fingerprint density at radius 3 is 2.30 bits per heavy atom. The first kappa shape index (κ1) is 24.6. The Morgan fingerprint density at radius 1 is 1.03 bits per heavy atom. The van der Waals surface area contributed by atoms with E-state index in [1.165, 1.54) is 11.3 Å². The Morgan fingerprint density at radius 2 is 1.70 bits per heavy atom. The molecule has 2 heterocycles. The summed E-state index contributed by atoms with van der Waals surface area (Å²) in [5, 5.41) is 0.518. The molecular formula is C23H25ClN4O4S. The molecular weight excluding hydrogens is 464 g/mol. The highest BCUT2D eigenvalue weighted by molar-refractivity contribution is 7.22. The van der Waals surface area contributed by atoms with Gasteiger partial charge in [-0.2, -0.15) is 0 Å². The highest BCUT2D eigenvalue weighted by Gasteiger charge is 2.37. The third kappa shape index (κ3) is 4.85. The van der Waals surface area contributed by atoms with Crippen molar-refractivity contribution in [2.24, 2.45) is 0 Å². The van der Waals surface area contributed by atoms with Crippen molar-refractivity contribution in [3.05, 3.63) is 53.6 Å². The lowest BCUT2D eigenvalue weighted by Gasteiger charge is -2.23. The predicted molar refractivity (Wildman–Crippen MR) is 131 cm³/mol. The highest BCUT2D eigenvalue weighted by atomic mass is 35.5. The van der Waals surface area contributed by atoms with Gasteiger partial charge in [0, 0.05) is 6.54 Å². The number of thiazole rings is 1. The van der Waals surface area contributed by atoms with Crippen molar-refractivity contribution in [2.45, 2.75) is 6.42 Å². The standard InChI is InChI=1S/C23H24N4O4S.ClH/c1-25(2)12-7-13-26(23-24-20-17(31-3)10-6-11-18(20)32-23)19(28)14-27-21(29)15-8-4-5-9-16(15)22(27)30;/h4-6,8-11H,7,12-14H2,1-3H3;1H. The minimum absolute atomic E-state index is 0. The van der Waals surface area contributed by atoms with Gasteiger partial charge in [0.25, 0.3) is 11.8 Å². The number of carbonyl (C=O) groups is 3. The maximum absolute atomic E-state index is 13.4. The van der Waals surface area contributed by atoms with Gasteiger partial charge < -0.3 is 9.64 Å². The molecule has 2 aromatic carbocycles. The van der Waals surface area contributed by atoms with Gasteiger partial charge >= 0.3 is 0 Å². The first-order chi connectivity index (χ1) is 15.4. The molecule has 0 fully saturated rings. The van der Waals surface area contributed by atoms with E-state index in [1.807, 2.05) is 37.2 Å². The Balaban J connectivity index is 0.00000306. The molecule has 174 valence electrons. The third-order valence-corrected chi connectivity index (χ3v) is 6.32. The molecule has 0 radical (unpaired) electrons. The number of carbonyl (C=O) groups excluding carboxylic acids is 3. The van der Waals surface area contributed by atoms with Crippen LogP contribution in [-0.4, -0.2) is 73.3 Å². The first-order valence-corrected chi connectivity index (χ1v) is 11.1. The second-order valence-electron chi connectivity index (χ2n) is 7.75. The second-order valence-corrected chi connectivity index (χ2v) is 8.76. The molecule has 8 nitrogen and oxygen atoms in total. The lowest BCUT2D eigenvalue weighted by Crippen LogP contribution is -2.43. The number of fused-ring (bicyclic) bond motifs is 2. The van der Waals surface area contributed by atoms with Crippen LogP contribution in [0.4, 0.5) is 5.13 Å². The van der Waals surface area contributed by atoms with Crippen molar-refractivity contribution in [2.75, 3.05) is 45.7 Å². The third-order valence-electron chi connectivity index (χ3n) is 5.28. The Labute approximate surface area is 202 Å². The van der Waals surface area contributed by atoms with E-state index in [-0.39, 0.29) is 24.9 Å². The monoisotopic (exact) mass is 488 g/mol. The number of hydrogen-bond donors (Lipinski definition) is 0.